The van der Waals surface area contributed by atoms with Crippen molar-refractivity contribution in [3.8, 4) is 0 Å². The second kappa shape index (κ2) is 9.22. The van der Waals surface area contributed by atoms with Gasteiger partial charge in [-0.1, -0.05) is 54.2 Å². The molecule has 0 bridgehead atoms. The van der Waals surface area contributed by atoms with Crippen LogP contribution < -0.4 is 16.3 Å². The molecule has 0 aliphatic rings. The molecule has 1 heterocycles. The number of nitrogens with two attached hydrogens (primary N) is 2. The van der Waals surface area contributed by atoms with E-state index in [1.54, 1.807) is 6.92 Å². The van der Waals surface area contributed by atoms with Crippen LogP contribution in [0.4, 0.5) is 5.69 Å². The lowest BCUT2D eigenvalue weighted by Crippen LogP contribution is -2.24. The number of nitrogen functional groups attached to an aromatic ring is 1. The molecule has 5 N–H and O–H groups in total. The molecule has 0 spiro atoms. The quantitative estimate of drug-likeness (QED) is 0.271. The van der Waals surface area contributed by atoms with Gasteiger partial charge >= 0.3 is 0 Å². The van der Waals surface area contributed by atoms with Gasteiger partial charge in [0.15, 0.2) is 5.82 Å². The van der Waals surface area contributed by atoms with Crippen molar-refractivity contribution in [3.63, 3.8) is 0 Å². The Morgan fingerprint density at radius 1 is 1.06 bits per heavy atom. The fourth-order valence-corrected chi connectivity index (χ4v) is 4.61. The van der Waals surface area contributed by atoms with Crippen molar-refractivity contribution in [1.82, 2.24) is 14.9 Å². The fourth-order valence-electron chi connectivity index (χ4n) is 3.31. The van der Waals surface area contributed by atoms with Crippen LogP contribution in [0.5, 0.6) is 0 Å². The minimum absolute atomic E-state index is 0.0297. The maximum absolute atomic E-state index is 12.6. The van der Waals surface area contributed by atoms with E-state index in [2.05, 4.69) is 33.7 Å². The van der Waals surface area contributed by atoms with Gasteiger partial charge in [-0.3, -0.25) is 4.79 Å². The molecule has 0 saturated carbocycles. The Hall–Kier alpha value is -3.41. The van der Waals surface area contributed by atoms with E-state index in [0.717, 1.165) is 16.3 Å². The molecule has 3 aromatic carbocycles. The molecule has 11 heteroatoms. The van der Waals surface area contributed by atoms with Gasteiger partial charge in [-0.25, -0.2) is 18.2 Å². The smallest absolute Gasteiger partial charge is 0.238 e. The maximum Gasteiger partial charge on any atom is 0.238 e. The summed E-state index contributed by atoms with van der Waals surface area (Å²) in [6, 6.07) is 19.8. The highest BCUT2D eigenvalue weighted by molar-refractivity contribution is 8.00. The summed E-state index contributed by atoms with van der Waals surface area (Å²) in [5.41, 5.74) is 1.53. The van der Waals surface area contributed by atoms with Crippen molar-refractivity contribution in [2.75, 3.05) is 11.2 Å². The Balaban J connectivity index is 1.43. The van der Waals surface area contributed by atoms with Crippen molar-refractivity contribution in [3.05, 3.63) is 78.1 Å². The summed E-state index contributed by atoms with van der Waals surface area (Å²) in [6.07, 6.45) is 0.502. The normalized spacial score (nSPS) is 12.5. The Labute approximate surface area is 195 Å². The molecule has 9 nitrogen and oxygen atoms in total. The molecular formula is C22H22N6O3S2. The number of fused-ring (bicyclic) bond motifs is 1. The van der Waals surface area contributed by atoms with E-state index in [9.17, 15) is 13.2 Å². The molecular weight excluding hydrogens is 460 g/mol. The predicted octanol–water partition coefficient (Wildman–Crippen LogP) is 2.50. The Morgan fingerprint density at radius 2 is 1.76 bits per heavy atom. The van der Waals surface area contributed by atoms with Crippen LogP contribution in [0.25, 0.3) is 10.8 Å². The van der Waals surface area contributed by atoms with Crippen LogP contribution in [0.15, 0.2) is 76.8 Å². The topological polar surface area (TPSA) is 146 Å². The zero-order valence-corrected chi connectivity index (χ0v) is 19.3. The minimum atomic E-state index is -3.79. The molecule has 0 fully saturated rings. The zero-order chi connectivity index (χ0) is 23.6. The number of aromatic nitrogens is 3. The molecule has 33 heavy (non-hydrogen) atoms. The number of benzene rings is 3. The summed E-state index contributed by atoms with van der Waals surface area (Å²) in [5, 5.41) is 18.3. The van der Waals surface area contributed by atoms with Gasteiger partial charge in [0.25, 0.3) is 0 Å². The van der Waals surface area contributed by atoms with Gasteiger partial charge < -0.3 is 11.2 Å². The van der Waals surface area contributed by atoms with Crippen LogP contribution in [0.1, 0.15) is 18.3 Å². The number of primary sulfonamides is 1. The maximum atomic E-state index is 12.6. The molecule has 1 atom stereocenters. The number of anilines is 1. The van der Waals surface area contributed by atoms with Crippen molar-refractivity contribution >= 4 is 44.2 Å². The van der Waals surface area contributed by atoms with Crippen molar-refractivity contribution in [2.45, 2.75) is 28.6 Å². The molecule has 0 radical (unpaired) electrons. The van der Waals surface area contributed by atoms with Crippen LogP contribution in [-0.2, 0) is 21.2 Å². The van der Waals surface area contributed by atoms with Crippen LogP contribution in [0.3, 0.4) is 0 Å². The third-order valence-electron chi connectivity index (χ3n) is 5.07. The van der Waals surface area contributed by atoms with Crippen LogP contribution in [0.2, 0.25) is 0 Å². The van der Waals surface area contributed by atoms with Gasteiger partial charge in [0.1, 0.15) is 0 Å². The summed E-state index contributed by atoms with van der Waals surface area (Å²) >= 11 is 1.18. The molecule has 4 rings (SSSR count). The number of amides is 1. The zero-order valence-electron chi connectivity index (χ0n) is 17.7. The molecule has 4 aromatic rings. The summed E-state index contributed by atoms with van der Waals surface area (Å²) in [6.45, 7) is 1.72. The van der Waals surface area contributed by atoms with E-state index in [1.807, 2.05) is 24.3 Å². The average Bonchev–Trinajstić information content (AvgIpc) is 3.12. The lowest BCUT2D eigenvalue weighted by atomic mass is 10.0. The summed E-state index contributed by atoms with van der Waals surface area (Å²) in [4.78, 5) is 12.6. The second-order valence-electron chi connectivity index (χ2n) is 7.40. The number of hydrogen-bond acceptors (Lipinski definition) is 7. The SMILES string of the molecule is CC(Sc1nnc(Cc2cccc3ccccc23)n1N)C(=O)Nc1ccc(S(N)(=O)=O)cc1. The first-order valence-electron chi connectivity index (χ1n) is 9.99. The number of carbonyl (C=O) groups excluding carboxylic acids is 1. The van der Waals surface area contributed by atoms with Crippen molar-refractivity contribution in [2.24, 2.45) is 5.14 Å². The van der Waals surface area contributed by atoms with E-state index >= 15 is 0 Å². The summed E-state index contributed by atoms with van der Waals surface area (Å²) in [5.74, 6) is 6.52. The first-order chi connectivity index (χ1) is 15.7. The predicted molar refractivity (Wildman–Crippen MR) is 129 cm³/mol. The second-order valence-corrected chi connectivity index (χ2v) is 10.3. The number of rotatable bonds is 7. The highest BCUT2D eigenvalue weighted by Gasteiger charge is 2.20. The standard InChI is InChI=1S/C22H22N6O3S2/c1-14(21(29)25-17-9-11-18(12-10-17)33(24,30)31)32-22-27-26-20(28(22)23)13-16-7-4-6-15-5-2-3-8-19(15)16/h2-12,14H,13,23H2,1H3,(H,25,29)(H2,24,30,31). The van der Waals surface area contributed by atoms with E-state index in [0.29, 0.717) is 23.1 Å². The number of thioether (sulfide) groups is 1. The molecule has 0 aliphatic heterocycles. The van der Waals surface area contributed by atoms with Gasteiger partial charge in [-0.05, 0) is 47.5 Å². The molecule has 0 saturated heterocycles. The van der Waals surface area contributed by atoms with Gasteiger partial charge in [0, 0.05) is 12.1 Å². The van der Waals surface area contributed by atoms with E-state index in [-0.39, 0.29) is 10.8 Å². The number of nitrogens with one attached hydrogen (secondary N) is 1. The number of nitrogens with zero attached hydrogens (tertiary/aromatic N) is 3. The van der Waals surface area contributed by atoms with Gasteiger partial charge in [0.2, 0.25) is 21.1 Å². The number of carbonyl (C=O) groups is 1. The van der Waals surface area contributed by atoms with Gasteiger partial charge in [-0.15, -0.1) is 10.2 Å². The van der Waals surface area contributed by atoms with Crippen molar-refractivity contribution < 1.29 is 13.2 Å². The summed E-state index contributed by atoms with van der Waals surface area (Å²) < 4.78 is 24.1. The first kappa shape index (κ1) is 22.8. The largest absolute Gasteiger partial charge is 0.336 e. The molecule has 1 unspecified atom stereocenters. The van der Waals surface area contributed by atoms with E-state index in [4.69, 9.17) is 11.0 Å². The molecule has 170 valence electrons. The van der Waals surface area contributed by atoms with Crippen LogP contribution in [-0.4, -0.2) is 34.4 Å². The monoisotopic (exact) mass is 482 g/mol. The number of sulfonamides is 1. The van der Waals surface area contributed by atoms with Gasteiger partial charge in [0.05, 0.1) is 10.1 Å². The highest BCUT2D eigenvalue weighted by Crippen LogP contribution is 2.25. The van der Waals surface area contributed by atoms with Crippen LogP contribution >= 0.6 is 11.8 Å². The molecule has 1 amide bonds. The average molecular weight is 483 g/mol. The summed E-state index contributed by atoms with van der Waals surface area (Å²) in [7, 11) is -3.79. The van der Waals surface area contributed by atoms with E-state index < -0.39 is 15.3 Å². The van der Waals surface area contributed by atoms with Crippen molar-refractivity contribution in [1.29, 1.82) is 0 Å². The minimum Gasteiger partial charge on any atom is -0.336 e. The highest BCUT2D eigenvalue weighted by atomic mass is 32.2. The fraction of sp³-hybridized carbons (Fsp3) is 0.136. The molecule has 0 aliphatic carbocycles. The third-order valence-corrected chi connectivity index (χ3v) is 7.05. The van der Waals surface area contributed by atoms with Gasteiger partial charge in [-0.2, -0.15) is 0 Å². The Kier molecular flexibility index (Phi) is 6.36. The third kappa shape index (κ3) is 5.16. The lowest BCUT2D eigenvalue weighted by Gasteiger charge is -2.12. The first-order valence-corrected chi connectivity index (χ1v) is 12.4. The number of hydrogen-bond donors (Lipinski definition) is 3. The molecule has 1 aromatic heterocycles. The Bertz CT molecular complexity index is 1410. The lowest BCUT2D eigenvalue weighted by molar-refractivity contribution is -0.115. The van der Waals surface area contributed by atoms with Crippen LogP contribution in [0, 0.1) is 0 Å². The van der Waals surface area contributed by atoms with E-state index in [1.165, 1.54) is 40.7 Å². The Morgan fingerprint density at radius 3 is 2.48 bits per heavy atom.